The fourth-order valence-corrected chi connectivity index (χ4v) is 8.74. The summed E-state index contributed by atoms with van der Waals surface area (Å²) in [7, 11) is 7.12. The quantitative estimate of drug-likeness (QED) is 0.238. The maximum absolute atomic E-state index is 14.2. The number of aliphatic hydroxyl groups is 5. The average Bonchev–Trinajstić information content (AvgIpc) is 3.05. The molecule has 2 unspecified atom stereocenters. The number of cyclic esters (lactones) is 1. The normalized spacial score (nSPS) is 49.6. The molecule has 5 N–H and O–H groups in total. The molecule has 0 aromatic heterocycles. The Kier molecular flexibility index (Phi) is 15.6. The number of esters is 1. The van der Waals surface area contributed by atoms with Crippen LogP contribution in [0, 0.1) is 17.8 Å². The van der Waals surface area contributed by atoms with Crippen LogP contribution in [0.25, 0.3) is 0 Å². The molecule has 0 spiro atoms. The maximum Gasteiger partial charge on any atom is 0.311 e. The molecule has 14 nitrogen and oxygen atoms in total. The van der Waals surface area contributed by atoms with Crippen molar-refractivity contribution >= 4 is 5.97 Å². The number of carbonyl (C=O) groups excluding carboxylic acids is 1. The van der Waals surface area contributed by atoms with Crippen molar-refractivity contribution in [2.45, 2.75) is 185 Å². The molecule has 14 heteroatoms. The topological polar surface area (TPSA) is 180 Å². The molecule has 0 aromatic rings. The fraction of sp³-hybridized carbons (Fsp3) is 0.974. The summed E-state index contributed by atoms with van der Waals surface area (Å²) in [6, 6.07) is -0.808. The van der Waals surface area contributed by atoms with E-state index in [9.17, 15) is 30.3 Å². The summed E-state index contributed by atoms with van der Waals surface area (Å²) >= 11 is 0. The van der Waals surface area contributed by atoms with Crippen LogP contribution in [0.2, 0.25) is 0 Å². The van der Waals surface area contributed by atoms with Crippen LogP contribution in [-0.4, -0.2) is 166 Å². The maximum atomic E-state index is 14.2. The van der Waals surface area contributed by atoms with E-state index in [2.05, 4.69) is 0 Å². The first-order valence-electron chi connectivity index (χ1n) is 19.1. The van der Waals surface area contributed by atoms with E-state index in [1.165, 1.54) is 14.0 Å². The summed E-state index contributed by atoms with van der Waals surface area (Å²) in [6.45, 7) is 18.0. The third-order valence-electron chi connectivity index (χ3n) is 12.2. The Morgan fingerprint density at radius 1 is 0.942 bits per heavy atom. The van der Waals surface area contributed by atoms with Gasteiger partial charge in [-0.2, -0.15) is 0 Å². The van der Waals surface area contributed by atoms with Gasteiger partial charge in [0.2, 0.25) is 0 Å². The van der Waals surface area contributed by atoms with Crippen LogP contribution in [0.5, 0.6) is 0 Å². The zero-order chi connectivity index (χ0) is 39.7. The van der Waals surface area contributed by atoms with E-state index in [0.29, 0.717) is 13.0 Å². The standard InChI is InChI=1S/C38H72N2O12/c1-15-27-38(10,46)31(42)24(6)40(13)19-20(2)17-36(8,45)33(52-35-29(41)26(39(11)12)16-21(3)48-35)22(4)30(23(5)34(44)50-27)51-28-18-37(9,47-14)32(43)25(7)49-28/h20-33,35,41-43,45-46H,15-19H2,1-14H3/t20-,21-,22+,23-,24-,25+,26+,27?,28+,29-,30+,31-,32+,33?,35+,36-,37-,38-/m1/s1. The highest BCUT2D eigenvalue weighted by atomic mass is 16.7. The van der Waals surface area contributed by atoms with Gasteiger partial charge in [0.05, 0.1) is 41.5 Å². The van der Waals surface area contributed by atoms with E-state index in [1.54, 1.807) is 41.5 Å². The summed E-state index contributed by atoms with van der Waals surface area (Å²) in [5.41, 5.74) is -4.37. The first-order chi connectivity index (χ1) is 23.9. The lowest BCUT2D eigenvalue weighted by Crippen LogP contribution is -2.60. The monoisotopic (exact) mass is 749 g/mol. The predicted molar refractivity (Wildman–Crippen MR) is 194 cm³/mol. The lowest BCUT2D eigenvalue weighted by atomic mass is 9.77. The number of hydrogen-bond donors (Lipinski definition) is 5. The summed E-state index contributed by atoms with van der Waals surface area (Å²) in [5.74, 6) is -2.58. The average molecular weight is 749 g/mol. The minimum absolute atomic E-state index is 0.133. The van der Waals surface area contributed by atoms with E-state index >= 15 is 0 Å². The van der Waals surface area contributed by atoms with Crippen molar-refractivity contribution in [3.05, 3.63) is 0 Å². The van der Waals surface area contributed by atoms with Gasteiger partial charge >= 0.3 is 5.97 Å². The van der Waals surface area contributed by atoms with Crippen molar-refractivity contribution in [3.63, 3.8) is 0 Å². The molecular formula is C38H72N2O12. The Morgan fingerprint density at radius 3 is 2.12 bits per heavy atom. The second-order valence-electron chi connectivity index (χ2n) is 17.2. The Hall–Kier alpha value is -1.01. The van der Waals surface area contributed by atoms with Crippen LogP contribution < -0.4 is 0 Å². The molecule has 0 aromatic carbocycles. The largest absolute Gasteiger partial charge is 0.459 e. The molecule has 0 saturated carbocycles. The van der Waals surface area contributed by atoms with Crippen LogP contribution in [0.1, 0.15) is 94.9 Å². The smallest absolute Gasteiger partial charge is 0.311 e. The lowest BCUT2D eigenvalue weighted by molar-refractivity contribution is -0.318. The zero-order valence-corrected chi connectivity index (χ0v) is 34.2. The van der Waals surface area contributed by atoms with Crippen LogP contribution >= 0.6 is 0 Å². The van der Waals surface area contributed by atoms with Crippen molar-refractivity contribution < 1.29 is 58.7 Å². The van der Waals surface area contributed by atoms with Crippen molar-refractivity contribution in [2.24, 2.45) is 17.8 Å². The van der Waals surface area contributed by atoms with Crippen molar-refractivity contribution in [3.8, 4) is 0 Å². The molecule has 3 rings (SSSR count). The molecule has 3 saturated heterocycles. The van der Waals surface area contributed by atoms with Crippen molar-refractivity contribution in [1.29, 1.82) is 0 Å². The van der Waals surface area contributed by atoms with Crippen LogP contribution in [0.4, 0.5) is 0 Å². The van der Waals surface area contributed by atoms with Gasteiger partial charge in [-0.1, -0.05) is 20.8 Å². The molecule has 0 amide bonds. The van der Waals surface area contributed by atoms with Crippen LogP contribution in [-0.2, 0) is 33.2 Å². The van der Waals surface area contributed by atoms with Gasteiger partial charge < -0.3 is 63.8 Å². The molecular weight excluding hydrogens is 676 g/mol. The number of methoxy groups -OCH3 is 1. The van der Waals surface area contributed by atoms with Gasteiger partial charge in [-0.05, 0) is 94.8 Å². The van der Waals surface area contributed by atoms with Crippen molar-refractivity contribution in [1.82, 2.24) is 9.80 Å². The van der Waals surface area contributed by atoms with Crippen LogP contribution in [0.15, 0.2) is 0 Å². The first-order valence-corrected chi connectivity index (χ1v) is 19.1. The minimum atomic E-state index is -1.80. The van der Waals surface area contributed by atoms with E-state index in [4.69, 9.17) is 28.4 Å². The van der Waals surface area contributed by atoms with Gasteiger partial charge in [0, 0.05) is 38.1 Å². The molecule has 18 atom stereocenters. The number of aliphatic hydroxyl groups excluding tert-OH is 3. The molecule has 3 heterocycles. The highest BCUT2D eigenvalue weighted by molar-refractivity contribution is 5.73. The van der Waals surface area contributed by atoms with Gasteiger partial charge in [-0.25, -0.2) is 0 Å². The molecule has 306 valence electrons. The predicted octanol–water partition coefficient (Wildman–Crippen LogP) is 1.90. The molecule has 0 radical (unpaired) electrons. The van der Waals surface area contributed by atoms with E-state index in [-0.39, 0.29) is 37.3 Å². The number of likely N-dealkylation sites (N-methyl/N-ethyl adjacent to an activating group) is 2. The summed E-state index contributed by atoms with van der Waals surface area (Å²) in [6.07, 6.45) is -8.19. The molecule has 0 bridgehead atoms. The highest BCUT2D eigenvalue weighted by Gasteiger charge is 2.52. The Morgan fingerprint density at radius 2 is 1.56 bits per heavy atom. The molecule has 3 aliphatic heterocycles. The SMILES string of the molecule is CCC1OC(=O)[C@H](C)[C@@H](O[C@H]2C[C@@](C)(OC)[C@@H](O)[C@H](C)O2)[C@H](C)C(O[C@@H]2O[C@H](C)C[C@H](N(C)C)[C@H]2O)[C@](C)(O)C[C@@H](C)CN(C)[C@H](C)[C@@H](O)[C@]1(C)O. The van der Waals surface area contributed by atoms with Crippen LogP contribution in [0.3, 0.4) is 0 Å². The second kappa shape index (κ2) is 17.8. The van der Waals surface area contributed by atoms with Gasteiger partial charge in [0.1, 0.15) is 30.0 Å². The number of ether oxygens (including phenoxy) is 6. The zero-order valence-electron chi connectivity index (χ0n) is 34.2. The van der Waals surface area contributed by atoms with Gasteiger partial charge in [-0.15, -0.1) is 0 Å². The molecule has 52 heavy (non-hydrogen) atoms. The Labute approximate surface area is 312 Å². The van der Waals surface area contributed by atoms with E-state index in [0.717, 1.165) is 0 Å². The Balaban J connectivity index is 2.17. The molecule has 0 aliphatic carbocycles. The number of nitrogens with zero attached hydrogens (tertiary/aromatic N) is 2. The van der Waals surface area contributed by atoms with E-state index in [1.807, 2.05) is 51.7 Å². The summed E-state index contributed by atoms with van der Waals surface area (Å²) in [5, 5.41) is 58.1. The molecule has 3 aliphatic rings. The highest BCUT2D eigenvalue weighted by Crippen LogP contribution is 2.40. The second-order valence-corrected chi connectivity index (χ2v) is 17.2. The first kappa shape index (κ1) is 45.4. The van der Waals surface area contributed by atoms with Crippen molar-refractivity contribution in [2.75, 3.05) is 34.8 Å². The fourth-order valence-electron chi connectivity index (χ4n) is 8.74. The Bertz CT molecular complexity index is 1140. The summed E-state index contributed by atoms with van der Waals surface area (Å²) < 4.78 is 37.5. The number of carbonyl (C=O) groups is 1. The van der Waals surface area contributed by atoms with Gasteiger partial charge in [0.25, 0.3) is 0 Å². The minimum Gasteiger partial charge on any atom is -0.459 e. The van der Waals surface area contributed by atoms with Gasteiger partial charge in [-0.3, -0.25) is 4.79 Å². The third kappa shape index (κ3) is 10.0. The summed E-state index contributed by atoms with van der Waals surface area (Å²) in [4.78, 5) is 18.0. The lowest BCUT2D eigenvalue weighted by Gasteiger charge is -2.48. The molecule has 3 fully saturated rings. The number of rotatable bonds is 7. The third-order valence-corrected chi connectivity index (χ3v) is 12.2. The van der Waals surface area contributed by atoms with Gasteiger partial charge in [0.15, 0.2) is 12.6 Å². The van der Waals surface area contributed by atoms with E-state index < -0.39 is 96.0 Å². The number of hydrogen-bond acceptors (Lipinski definition) is 14.